The third-order valence-electron chi connectivity index (χ3n) is 1.93. The Kier molecular flexibility index (Phi) is 9.00. The maximum atomic E-state index is 5.05. The van der Waals surface area contributed by atoms with Crippen molar-refractivity contribution >= 4 is 0 Å². The first kappa shape index (κ1) is 13.7. The molecule has 1 atom stereocenters. The van der Waals surface area contributed by atoms with Crippen molar-refractivity contribution in [1.82, 2.24) is 5.32 Å². The van der Waals surface area contributed by atoms with Crippen LogP contribution in [0.15, 0.2) is 12.2 Å². The summed E-state index contributed by atoms with van der Waals surface area (Å²) >= 11 is 0. The number of ether oxygens (including phenoxy) is 1. The van der Waals surface area contributed by atoms with E-state index in [2.05, 4.69) is 38.2 Å². The van der Waals surface area contributed by atoms with Crippen LogP contribution in [0, 0.1) is 11.8 Å². The van der Waals surface area contributed by atoms with Crippen LogP contribution in [0.4, 0.5) is 0 Å². The minimum atomic E-state index is 0.532. The summed E-state index contributed by atoms with van der Waals surface area (Å²) in [6, 6.07) is 0. The monoisotopic (exact) mass is 199 g/mol. The average molecular weight is 199 g/mol. The van der Waals surface area contributed by atoms with Gasteiger partial charge in [-0.05, 0) is 31.3 Å². The highest BCUT2D eigenvalue weighted by atomic mass is 16.5. The Morgan fingerprint density at radius 2 is 2.00 bits per heavy atom. The Labute approximate surface area is 88.7 Å². The lowest BCUT2D eigenvalue weighted by Gasteiger charge is -2.06. The molecule has 2 nitrogen and oxygen atoms in total. The van der Waals surface area contributed by atoms with Crippen LogP contribution in [0.25, 0.3) is 0 Å². The first-order chi connectivity index (χ1) is 6.66. The van der Waals surface area contributed by atoms with Gasteiger partial charge in [0.25, 0.3) is 0 Å². The van der Waals surface area contributed by atoms with E-state index >= 15 is 0 Å². The highest BCUT2D eigenvalue weighted by molar-refractivity contribution is 4.86. The summed E-state index contributed by atoms with van der Waals surface area (Å²) in [6.07, 6.45) is 5.57. The molecule has 0 saturated carbocycles. The maximum Gasteiger partial charge on any atom is 0.0522 e. The zero-order chi connectivity index (χ0) is 10.8. The topological polar surface area (TPSA) is 21.3 Å². The molecular weight excluding hydrogens is 174 g/mol. The maximum absolute atomic E-state index is 5.05. The molecule has 0 aliphatic heterocycles. The Morgan fingerprint density at radius 1 is 1.29 bits per heavy atom. The Bertz CT molecular complexity index is 143. The first-order valence-corrected chi connectivity index (χ1v) is 5.53. The van der Waals surface area contributed by atoms with Gasteiger partial charge in [-0.3, -0.25) is 0 Å². The largest absolute Gasteiger partial charge is 0.384 e. The van der Waals surface area contributed by atoms with Crippen molar-refractivity contribution in [1.29, 1.82) is 0 Å². The van der Waals surface area contributed by atoms with Crippen LogP contribution >= 0.6 is 0 Å². The fourth-order valence-corrected chi connectivity index (χ4v) is 1.22. The molecule has 0 bridgehead atoms. The van der Waals surface area contributed by atoms with E-state index in [0.717, 1.165) is 32.0 Å². The van der Waals surface area contributed by atoms with Crippen molar-refractivity contribution in [2.75, 3.05) is 26.8 Å². The van der Waals surface area contributed by atoms with Gasteiger partial charge in [-0.25, -0.2) is 0 Å². The predicted octanol–water partition coefficient (Wildman–Crippen LogP) is 2.46. The van der Waals surface area contributed by atoms with Crippen molar-refractivity contribution in [2.24, 2.45) is 11.8 Å². The second kappa shape index (κ2) is 9.22. The van der Waals surface area contributed by atoms with Gasteiger partial charge in [0.2, 0.25) is 0 Å². The van der Waals surface area contributed by atoms with Crippen LogP contribution in [0.3, 0.4) is 0 Å². The molecule has 0 aromatic carbocycles. The summed E-state index contributed by atoms with van der Waals surface area (Å²) in [4.78, 5) is 0. The van der Waals surface area contributed by atoms with Gasteiger partial charge in [-0.15, -0.1) is 0 Å². The van der Waals surface area contributed by atoms with Gasteiger partial charge in [0.15, 0.2) is 0 Å². The lowest BCUT2D eigenvalue weighted by atomic mass is 10.1. The fraction of sp³-hybridized carbons (Fsp3) is 0.833. The van der Waals surface area contributed by atoms with Crippen molar-refractivity contribution in [2.45, 2.75) is 27.2 Å². The van der Waals surface area contributed by atoms with E-state index in [1.807, 2.05) is 0 Å². The number of hydrogen-bond acceptors (Lipinski definition) is 2. The van der Waals surface area contributed by atoms with Gasteiger partial charge in [0, 0.05) is 7.11 Å². The summed E-state index contributed by atoms with van der Waals surface area (Å²) < 4.78 is 5.05. The SMILES string of the molecule is COCC(C)/C=C/CCNCC(C)C. The molecule has 0 rings (SSSR count). The highest BCUT2D eigenvalue weighted by Gasteiger charge is 1.94. The van der Waals surface area contributed by atoms with Crippen molar-refractivity contribution < 1.29 is 4.74 Å². The van der Waals surface area contributed by atoms with Gasteiger partial charge in [-0.2, -0.15) is 0 Å². The van der Waals surface area contributed by atoms with E-state index in [0.29, 0.717) is 5.92 Å². The zero-order valence-electron chi connectivity index (χ0n) is 10.0. The molecule has 1 unspecified atom stereocenters. The number of nitrogens with one attached hydrogen (secondary N) is 1. The van der Waals surface area contributed by atoms with Crippen molar-refractivity contribution in [3.8, 4) is 0 Å². The second-order valence-corrected chi connectivity index (χ2v) is 4.25. The molecule has 0 saturated heterocycles. The van der Waals surface area contributed by atoms with Gasteiger partial charge < -0.3 is 10.1 Å². The normalized spacial score (nSPS) is 14.1. The molecule has 14 heavy (non-hydrogen) atoms. The molecule has 0 heterocycles. The second-order valence-electron chi connectivity index (χ2n) is 4.25. The van der Waals surface area contributed by atoms with Gasteiger partial charge >= 0.3 is 0 Å². The predicted molar refractivity (Wildman–Crippen MR) is 62.5 cm³/mol. The third kappa shape index (κ3) is 9.75. The minimum Gasteiger partial charge on any atom is -0.384 e. The Balaban J connectivity index is 3.26. The quantitative estimate of drug-likeness (QED) is 0.479. The molecule has 0 aliphatic carbocycles. The van der Waals surface area contributed by atoms with Gasteiger partial charge in [-0.1, -0.05) is 32.9 Å². The van der Waals surface area contributed by atoms with Crippen LogP contribution in [-0.2, 0) is 4.74 Å². The van der Waals surface area contributed by atoms with Gasteiger partial charge in [0.05, 0.1) is 6.61 Å². The lowest BCUT2D eigenvalue weighted by Crippen LogP contribution is -2.20. The summed E-state index contributed by atoms with van der Waals surface area (Å²) in [5.41, 5.74) is 0. The molecular formula is C12H25NO. The number of hydrogen-bond donors (Lipinski definition) is 1. The molecule has 0 amide bonds. The van der Waals surface area contributed by atoms with E-state index < -0.39 is 0 Å². The molecule has 84 valence electrons. The van der Waals surface area contributed by atoms with Gasteiger partial charge in [0.1, 0.15) is 0 Å². The zero-order valence-corrected chi connectivity index (χ0v) is 10.0. The van der Waals surface area contributed by atoms with E-state index in [1.54, 1.807) is 7.11 Å². The first-order valence-electron chi connectivity index (χ1n) is 5.53. The van der Waals surface area contributed by atoms with E-state index in [-0.39, 0.29) is 0 Å². The van der Waals surface area contributed by atoms with Crippen LogP contribution in [0.2, 0.25) is 0 Å². The summed E-state index contributed by atoms with van der Waals surface area (Å²) in [5, 5.41) is 3.41. The molecule has 0 aliphatic rings. The van der Waals surface area contributed by atoms with Crippen molar-refractivity contribution in [3.63, 3.8) is 0 Å². The molecule has 1 N–H and O–H groups in total. The fourth-order valence-electron chi connectivity index (χ4n) is 1.22. The summed E-state index contributed by atoms with van der Waals surface area (Å²) in [7, 11) is 1.74. The van der Waals surface area contributed by atoms with E-state index in [1.165, 1.54) is 0 Å². The van der Waals surface area contributed by atoms with Crippen molar-refractivity contribution in [3.05, 3.63) is 12.2 Å². The van der Waals surface area contributed by atoms with Crippen LogP contribution in [0.1, 0.15) is 27.2 Å². The van der Waals surface area contributed by atoms with E-state index in [9.17, 15) is 0 Å². The summed E-state index contributed by atoms with van der Waals surface area (Å²) in [5.74, 6) is 1.27. The number of rotatable bonds is 8. The molecule has 0 aromatic rings. The smallest absolute Gasteiger partial charge is 0.0522 e. The summed E-state index contributed by atoms with van der Waals surface area (Å²) in [6.45, 7) is 9.63. The Hall–Kier alpha value is -0.340. The van der Waals surface area contributed by atoms with E-state index in [4.69, 9.17) is 4.74 Å². The highest BCUT2D eigenvalue weighted by Crippen LogP contribution is 1.98. The Morgan fingerprint density at radius 3 is 2.57 bits per heavy atom. The van der Waals surface area contributed by atoms with Crippen LogP contribution < -0.4 is 5.32 Å². The molecule has 0 spiro atoms. The standard InChI is InChI=1S/C12H25NO/c1-11(2)9-13-8-6-5-7-12(3)10-14-4/h5,7,11-13H,6,8-10H2,1-4H3/b7-5+. The number of methoxy groups -OCH3 is 1. The molecule has 0 fully saturated rings. The molecule has 0 aromatic heterocycles. The third-order valence-corrected chi connectivity index (χ3v) is 1.93. The average Bonchev–Trinajstić information content (AvgIpc) is 2.11. The minimum absolute atomic E-state index is 0.532. The van der Waals surface area contributed by atoms with Crippen LogP contribution in [-0.4, -0.2) is 26.8 Å². The lowest BCUT2D eigenvalue weighted by molar-refractivity contribution is 0.176. The molecule has 2 heteroatoms. The molecule has 0 radical (unpaired) electrons. The van der Waals surface area contributed by atoms with Crippen LogP contribution in [0.5, 0.6) is 0 Å².